The summed E-state index contributed by atoms with van der Waals surface area (Å²) < 4.78 is 0. The van der Waals surface area contributed by atoms with Gasteiger partial charge in [0.15, 0.2) is 6.10 Å². The lowest BCUT2D eigenvalue weighted by atomic mass is 9.84. The van der Waals surface area contributed by atoms with Crippen LogP contribution < -0.4 is 0 Å². The summed E-state index contributed by atoms with van der Waals surface area (Å²) in [7, 11) is 0. The number of hydrogen-bond donors (Lipinski definition) is 2. The smallest absolute Gasteiger partial charge is 0.326 e. The number of carboxylic acids is 1. The summed E-state index contributed by atoms with van der Waals surface area (Å²) in [5.74, 6) is -1.20. The Morgan fingerprint density at radius 1 is 1.14 bits per heavy atom. The van der Waals surface area contributed by atoms with Gasteiger partial charge in [-0.15, -0.1) is 0 Å². The quantitative estimate of drug-likeness (QED) is 0.895. The van der Waals surface area contributed by atoms with Gasteiger partial charge in [-0.3, -0.25) is 4.79 Å². The Hall–Kier alpha value is -1.88. The number of hydrogen-bond acceptors (Lipinski definition) is 3. The zero-order valence-corrected chi connectivity index (χ0v) is 12.4. The molecule has 2 N–H and O–H groups in total. The van der Waals surface area contributed by atoms with E-state index in [0.29, 0.717) is 12.0 Å². The predicted octanol–water partition coefficient (Wildman–Crippen LogP) is 1.96. The zero-order chi connectivity index (χ0) is 15.7. The van der Waals surface area contributed by atoms with Gasteiger partial charge in [0.2, 0.25) is 0 Å². The van der Waals surface area contributed by atoms with Gasteiger partial charge in [-0.05, 0) is 30.7 Å². The molecule has 3 unspecified atom stereocenters. The predicted molar refractivity (Wildman–Crippen MR) is 80.0 cm³/mol. The fourth-order valence-corrected chi connectivity index (χ4v) is 3.92. The Morgan fingerprint density at radius 2 is 1.82 bits per heavy atom. The van der Waals surface area contributed by atoms with E-state index >= 15 is 0 Å². The fraction of sp³-hybridized carbons (Fsp3) is 0.529. The highest BCUT2D eigenvalue weighted by Gasteiger charge is 2.48. The minimum atomic E-state index is -1.29. The Labute approximate surface area is 129 Å². The van der Waals surface area contributed by atoms with Crippen LogP contribution in [0.15, 0.2) is 30.3 Å². The van der Waals surface area contributed by atoms with Gasteiger partial charge in [0, 0.05) is 6.04 Å². The van der Waals surface area contributed by atoms with Crippen molar-refractivity contribution in [2.24, 2.45) is 5.92 Å². The van der Waals surface area contributed by atoms with Crippen molar-refractivity contribution in [2.75, 3.05) is 0 Å². The monoisotopic (exact) mass is 303 g/mol. The minimum absolute atomic E-state index is 0.0410. The molecule has 22 heavy (non-hydrogen) atoms. The largest absolute Gasteiger partial charge is 0.480 e. The van der Waals surface area contributed by atoms with Crippen molar-refractivity contribution in [3.8, 4) is 0 Å². The molecule has 3 rings (SSSR count). The molecule has 2 fully saturated rings. The molecule has 5 nitrogen and oxygen atoms in total. The third-order valence-electron chi connectivity index (χ3n) is 4.98. The van der Waals surface area contributed by atoms with E-state index in [-0.39, 0.29) is 12.0 Å². The van der Waals surface area contributed by atoms with Crippen LogP contribution in [0, 0.1) is 5.92 Å². The lowest BCUT2D eigenvalue weighted by Crippen LogP contribution is -2.48. The van der Waals surface area contributed by atoms with Crippen LogP contribution in [0.4, 0.5) is 0 Å². The molecule has 4 atom stereocenters. The lowest BCUT2D eigenvalue weighted by Gasteiger charge is -2.34. The normalized spacial score (nSPS) is 29.0. The second-order valence-electron chi connectivity index (χ2n) is 6.26. The number of rotatable bonds is 3. The number of nitrogens with zero attached hydrogens (tertiary/aromatic N) is 1. The number of fused-ring (bicyclic) bond motifs is 1. The molecule has 5 heteroatoms. The second-order valence-corrected chi connectivity index (χ2v) is 6.26. The Bertz CT molecular complexity index is 559. The van der Waals surface area contributed by atoms with Crippen LogP contribution in [-0.2, 0) is 9.59 Å². The van der Waals surface area contributed by atoms with Gasteiger partial charge in [-0.25, -0.2) is 4.79 Å². The number of carbonyl (C=O) groups excluding carboxylic acids is 1. The van der Waals surface area contributed by atoms with Gasteiger partial charge >= 0.3 is 5.97 Å². The topological polar surface area (TPSA) is 77.8 Å². The number of carbonyl (C=O) groups is 2. The number of benzene rings is 1. The summed E-state index contributed by atoms with van der Waals surface area (Å²) in [5.41, 5.74) is 0.510. The molecule has 1 amide bonds. The molecule has 1 saturated heterocycles. The van der Waals surface area contributed by atoms with Crippen LogP contribution in [0.3, 0.4) is 0 Å². The Balaban J connectivity index is 1.86. The molecule has 1 heterocycles. The first-order valence-electron chi connectivity index (χ1n) is 7.87. The van der Waals surface area contributed by atoms with Crippen LogP contribution in [-0.4, -0.2) is 39.1 Å². The van der Waals surface area contributed by atoms with Crippen LogP contribution in [0.1, 0.15) is 43.8 Å². The van der Waals surface area contributed by atoms with E-state index in [1.54, 1.807) is 24.3 Å². The summed E-state index contributed by atoms with van der Waals surface area (Å²) in [6.45, 7) is 0. The maximum atomic E-state index is 12.7. The van der Waals surface area contributed by atoms with E-state index in [4.69, 9.17) is 0 Å². The van der Waals surface area contributed by atoms with Gasteiger partial charge in [-0.2, -0.15) is 0 Å². The maximum absolute atomic E-state index is 12.7. The highest BCUT2D eigenvalue weighted by Crippen LogP contribution is 2.41. The van der Waals surface area contributed by atoms with E-state index in [9.17, 15) is 19.8 Å². The molecule has 0 bridgehead atoms. The summed E-state index contributed by atoms with van der Waals surface area (Å²) in [5, 5.41) is 19.8. The average Bonchev–Trinajstić information content (AvgIpc) is 2.94. The molecular formula is C17H21NO4. The van der Waals surface area contributed by atoms with Gasteiger partial charge < -0.3 is 15.1 Å². The Morgan fingerprint density at radius 3 is 2.50 bits per heavy atom. The molecule has 1 aromatic rings. The molecule has 2 aliphatic rings. The number of aliphatic carboxylic acids is 1. The second kappa shape index (κ2) is 6.08. The third kappa shape index (κ3) is 2.61. The standard InChI is InChI=1S/C17H21NO4/c19-15(11-6-2-1-3-7-11)16(20)18-13-9-5-4-8-12(13)10-14(18)17(21)22/h1-3,6-7,12-15,19H,4-5,8-10H2,(H,21,22)/t12?,13?,14?,15-/m0/s1. The van der Waals surface area contributed by atoms with Crippen LogP contribution in [0.5, 0.6) is 0 Å². The summed E-state index contributed by atoms with van der Waals surface area (Å²) in [6.07, 6.45) is 3.13. The molecule has 1 aliphatic carbocycles. The number of amides is 1. The highest BCUT2D eigenvalue weighted by molar-refractivity contribution is 5.88. The molecule has 0 aromatic heterocycles. The molecule has 1 saturated carbocycles. The lowest BCUT2D eigenvalue weighted by molar-refractivity contribution is -0.154. The van der Waals surface area contributed by atoms with Gasteiger partial charge in [-0.1, -0.05) is 43.2 Å². The third-order valence-corrected chi connectivity index (χ3v) is 4.98. The van der Waals surface area contributed by atoms with Crippen molar-refractivity contribution >= 4 is 11.9 Å². The number of carboxylic acid groups (broad SMARTS) is 1. The van der Waals surface area contributed by atoms with Crippen molar-refractivity contribution in [1.82, 2.24) is 4.90 Å². The van der Waals surface area contributed by atoms with Crippen molar-refractivity contribution in [3.63, 3.8) is 0 Å². The maximum Gasteiger partial charge on any atom is 0.326 e. The SMILES string of the molecule is O=C(O)C1CC2CCCCC2N1C(=O)[C@@H](O)c1ccccc1. The summed E-state index contributed by atoms with van der Waals surface area (Å²) in [6, 6.07) is 7.86. The van der Waals surface area contributed by atoms with Gasteiger partial charge in [0.05, 0.1) is 0 Å². The number of aliphatic hydroxyl groups is 1. The number of aliphatic hydroxyl groups excluding tert-OH is 1. The summed E-state index contributed by atoms with van der Waals surface area (Å²) >= 11 is 0. The summed E-state index contributed by atoms with van der Waals surface area (Å²) in [4.78, 5) is 25.7. The first-order valence-corrected chi connectivity index (χ1v) is 7.87. The van der Waals surface area contributed by atoms with Crippen molar-refractivity contribution in [1.29, 1.82) is 0 Å². The molecule has 0 spiro atoms. The molecule has 118 valence electrons. The van der Waals surface area contributed by atoms with Gasteiger partial charge in [0.1, 0.15) is 6.04 Å². The van der Waals surface area contributed by atoms with E-state index in [1.807, 2.05) is 6.07 Å². The van der Waals surface area contributed by atoms with Crippen LogP contribution in [0.25, 0.3) is 0 Å². The van der Waals surface area contributed by atoms with E-state index in [1.165, 1.54) is 4.90 Å². The zero-order valence-electron chi connectivity index (χ0n) is 12.4. The number of likely N-dealkylation sites (tertiary alicyclic amines) is 1. The Kier molecular flexibility index (Phi) is 4.16. The average molecular weight is 303 g/mol. The van der Waals surface area contributed by atoms with Crippen molar-refractivity contribution < 1.29 is 19.8 Å². The first kappa shape index (κ1) is 15.0. The van der Waals surface area contributed by atoms with E-state index in [0.717, 1.165) is 25.7 Å². The van der Waals surface area contributed by atoms with Crippen molar-refractivity contribution in [3.05, 3.63) is 35.9 Å². The van der Waals surface area contributed by atoms with Crippen molar-refractivity contribution in [2.45, 2.75) is 50.3 Å². The molecular weight excluding hydrogens is 282 g/mol. The van der Waals surface area contributed by atoms with Crippen LogP contribution >= 0.6 is 0 Å². The van der Waals surface area contributed by atoms with E-state index < -0.39 is 24.0 Å². The van der Waals surface area contributed by atoms with E-state index in [2.05, 4.69) is 0 Å². The molecule has 1 aliphatic heterocycles. The highest BCUT2D eigenvalue weighted by atomic mass is 16.4. The first-order chi connectivity index (χ1) is 10.6. The minimum Gasteiger partial charge on any atom is -0.480 e. The van der Waals surface area contributed by atoms with Crippen LogP contribution in [0.2, 0.25) is 0 Å². The fourth-order valence-electron chi connectivity index (χ4n) is 3.92. The van der Waals surface area contributed by atoms with Gasteiger partial charge in [0.25, 0.3) is 5.91 Å². The molecule has 0 radical (unpaired) electrons. The molecule has 1 aromatic carbocycles.